The van der Waals surface area contributed by atoms with Crippen LogP contribution < -0.4 is 20.6 Å². The molecule has 30 heavy (non-hydrogen) atoms. The Morgan fingerprint density at radius 1 is 1.17 bits per heavy atom. The third-order valence-corrected chi connectivity index (χ3v) is 5.37. The van der Waals surface area contributed by atoms with Crippen molar-refractivity contribution in [3.8, 4) is 5.75 Å². The monoisotopic (exact) mass is 406 g/mol. The minimum atomic E-state index is -0.607. The predicted octanol–water partition coefficient (Wildman–Crippen LogP) is 3.65. The number of para-hydroxylation sites is 2. The van der Waals surface area contributed by atoms with Crippen LogP contribution in [0.2, 0.25) is 0 Å². The first kappa shape index (κ1) is 20.0. The SMILES string of the molecule is CCCNC(=O)[C@H]1CN(Cc2cc(=O)oc3cc(CC)ccc23)c2ccccc2O1. The van der Waals surface area contributed by atoms with Crippen molar-refractivity contribution >= 4 is 22.6 Å². The molecule has 156 valence electrons. The lowest BCUT2D eigenvalue weighted by molar-refractivity contribution is -0.127. The Morgan fingerprint density at radius 2 is 2.00 bits per heavy atom. The number of carbonyl (C=O) groups excluding carboxylic acids is 1. The molecular formula is C24H26N2O4. The van der Waals surface area contributed by atoms with Crippen LogP contribution in [0.1, 0.15) is 31.4 Å². The topological polar surface area (TPSA) is 71.8 Å². The summed E-state index contributed by atoms with van der Waals surface area (Å²) in [6, 6.07) is 15.2. The van der Waals surface area contributed by atoms with Gasteiger partial charge in [0.25, 0.3) is 5.91 Å². The van der Waals surface area contributed by atoms with E-state index in [0.717, 1.165) is 35.0 Å². The van der Waals surface area contributed by atoms with Gasteiger partial charge in [0.05, 0.1) is 12.2 Å². The highest BCUT2D eigenvalue weighted by molar-refractivity contribution is 5.84. The van der Waals surface area contributed by atoms with E-state index in [1.54, 1.807) is 0 Å². The van der Waals surface area contributed by atoms with Crippen molar-refractivity contribution in [2.24, 2.45) is 0 Å². The van der Waals surface area contributed by atoms with Crippen LogP contribution in [0.15, 0.2) is 57.7 Å². The van der Waals surface area contributed by atoms with Crippen molar-refractivity contribution < 1.29 is 13.9 Å². The first-order valence-electron chi connectivity index (χ1n) is 10.4. The van der Waals surface area contributed by atoms with Gasteiger partial charge in [-0.1, -0.05) is 38.1 Å². The van der Waals surface area contributed by atoms with Gasteiger partial charge in [-0.05, 0) is 42.2 Å². The van der Waals surface area contributed by atoms with Gasteiger partial charge in [0, 0.05) is 24.5 Å². The number of nitrogens with zero attached hydrogens (tertiary/aromatic N) is 1. The Balaban J connectivity index is 1.69. The maximum atomic E-state index is 12.6. The van der Waals surface area contributed by atoms with Gasteiger partial charge in [-0.2, -0.15) is 0 Å². The van der Waals surface area contributed by atoms with E-state index in [0.29, 0.717) is 31.0 Å². The molecule has 1 atom stereocenters. The zero-order chi connectivity index (χ0) is 21.1. The van der Waals surface area contributed by atoms with Crippen LogP contribution in [0.3, 0.4) is 0 Å². The van der Waals surface area contributed by atoms with E-state index in [1.165, 1.54) is 6.07 Å². The van der Waals surface area contributed by atoms with E-state index < -0.39 is 6.10 Å². The summed E-state index contributed by atoms with van der Waals surface area (Å²) in [6.45, 7) is 5.58. The molecule has 0 saturated carbocycles. The van der Waals surface area contributed by atoms with Crippen molar-refractivity contribution in [1.82, 2.24) is 5.32 Å². The fraction of sp³-hybridized carbons (Fsp3) is 0.333. The second-order valence-electron chi connectivity index (χ2n) is 7.52. The normalized spacial score (nSPS) is 15.5. The van der Waals surface area contributed by atoms with Gasteiger partial charge in [0.15, 0.2) is 6.10 Å². The summed E-state index contributed by atoms with van der Waals surface area (Å²) in [5, 5.41) is 3.82. The van der Waals surface area contributed by atoms with Crippen molar-refractivity contribution in [2.45, 2.75) is 39.3 Å². The number of anilines is 1. The summed E-state index contributed by atoms with van der Waals surface area (Å²) in [7, 11) is 0. The Hall–Kier alpha value is -3.28. The number of nitrogens with one attached hydrogen (secondary N) is 1. The molecule has 6 heteroatoms. The average molecular weight is 406 g/mol. The number of aryl methyl sites for hydroxylation is 1. The summed E-state index contributed by atoms with van der Waals surface area (Å²) in [4.78, 5) is 26.9. The zero-order valence-corrected chi connectivity index (χ0v) is 17.3. The molecule has 1 N–H and O–H groups in total. The Bertz CT molecular complexity index is 1120. The molecule has 1 aromatic heterocycles. The molecule has 2 heterocycles. The van der Waals surface area contributed by atoms with E-state index in [4.69, 9.17) is 9.15 Å². The molecule has 1 aliphatic rings. The van der Waals surface area contributed by atoms with Crippen LogP contribution in [0.5, 0.6) is 5.75 Å². The number of rotatable bonds is 6. The number of fused-ring (bicyclic) bond motifs is 2. The minimum Gasteiger partial charge on any atom is -0.477 e. The van der Waals surface area contributed by atoms with Crippen LogP contribution in [-0.2, 0) is 17.8 Å². The van der Waals surface area contributed by atoms with Gasteiger partial charge in [0.2, 0.25) is 0 Å². The molecule has 1 aliphatic heterocycles. The van der Waals surface area contributed by atoms with Crippen LogP contribution >= 0.6 is 0 Å². The summed E-state index contributed by atoms with van der Waals surface area (Å²) >= 11 is 0. The number of hydrogen-bond donors (Lipinski definition) is 1. The van der Waals surface area contributed by atoms with E-state index in [1.807, 2.05) is 43.3 Å². The Kier molecular flexibility index (Phi) is 5.74. The molecule has 0 saturated heterocycles. The van der Waals surface area contributed by atoms with E-state index in [-0.39, 0.29) is 11.5 Å². The third kappa shape index (κ3) is 4.03. The van der Waals surface area contributed by atoms with Gasteiger partial charge in [0.1, 0.15) is 11.3 Å². The highest BCUT2D eigenvalue weighted by atomic mass is 16.5. The smallest absolute Gasteiger partial charge is 0.336 e. The fourth-order valence-electron chi connectivity index (χ4n) is 3.79. The first-order valence-corrected chi connectivity index (χ1v) is 10.4. The molecule has 0 unspecified atom stereocenters. The highest BCUT2D eigenvalue weighted by Crippen LogP contribution is 2.34. The molecule has 6 nitrogen and oxygen atoms in total. The van der Waals surface area contributed by atoms with Crippen LogP contribution in [-0.4, -0.2) is 25.1 Å². The molecule has 0 bridgehead atoms. The molecular weight excluding hydrogens is 380 g/mol. The molecule has 0 aliphatic carbocycles. The lowest BCUT2D eigenvalue weighted by Gasteiger charge is -2.35. The number of carbonyl (C=O) groups is 1. The second-order valence-corrected chi connectivity index (χ2v) is 7.52. The third-order valence-electron chi connectivity index (χ3n) is 5.37. The lowest BCUT2D eigenvalue weighted by Crippen LogP contribution is -2.49. The molecule has 4 rings (SSSR count). The molecule has 0 fully saturated rings. The number of hydrogen-bond acceptors (Lipinski definition) is 5. The first-order chi connectivity index (χ1) is 14.6. The maximum absolute atomic E-state index is 12.6. The van der Waals surface area contributed by atoms with E-state index in [2.05, 4.69) is 23.2 Å². The summed E-state index contributed by atoms with van der Waals surface area (Å²) in [5.74, 6) is 0.544. The lowest BCUT2D eigenvalue weighted by atomic mass is 10.0. The second kappa shape index (κ2) is 8.61. The van der Waals surface area contributed by atoms with E-state index >= 15 is 0 Å². The molecule has 3 aromatic rings. The highest BCUT2D eigenvalue weighted by Gasteiger charge is 2.30. The molecule has 2 aromatic carbocycles. The van der Waals surface area contributed by atoms with Crippen molar-refractivity contribution in [2.75, 3.05) is 18.0 Å². The van der Waals surface area contributed by atoms with E-state index in [9.17, 15) is 9.59 Å². The number of amides is 1. The predicted molar refractivity (Wildman–Crippen MR) is 117 cm³/mol. The Labute approximate surface area is 175 Å². The van der Waals surface area contributed by atoms with Gasteiger partial charge < -0.3 is 19.4 Å². The number of ether oxygens (including phenoxy) is 1. The standard InChI is InChI=1S/C24H26N2O4/c1-3-11-25-24(28)22-15-26(19-7-5-6-8-20(19)29-22)14-17-13-23(27)30-21-12-16(4-2)9-10-18(17)21/h5-10,12-13,22H,3-4,11,14-15H2,1-2H3,(H,25,28)/t22-/m1/s1. The van der Waals surface area contributed by atoms with Gasteiger partial charge in [-0.25, -0.2) is 4.79 Å². The minimum absolute atomic E-state index is 0.124. The molecule has 0 radical (unpaired) electrons. The summed E-state index contributed by atoms with van der Waals surface area (Å²) in [5.41, 5.74) is 3.12. The number of benzene rings is 2. The zero-order valence-electron chi connectivity index (χ0n) is 17.3. The molecule has 1 amide bonds. The van der Waals surface area contributed by atoms with Gasteiger partial charge in [-0.3, -0.25) is 4.79 Å². The summed E-state index contributed by atoms with van der Waals surface area (Å²) < 4.78 is 11.4. The van der Waals surface area contributed by atoms with Gasteiger partial charge >= 0.3 is 5.63 Å². The van der Waals surface area contributed by atoms with Crippen molar-refractivity contribution in [3.63, 3.8) is 0 Å². The van der Waals surface area contributed by atoms with Gasteiger partial charge in [-0.15, -0.1) is 0 Å². The van der Waals surface area contributed by atoms with Crippen molar-refractivity contribution in [1.29, 1.82) is 0 Å². The average Bonchev–Trinajstić information content (AvgIpc) is 2.76. The fourth-order valence-corrected chi connectivity index (χ4v) is 3.79. The maximum Gasteiger partial charge on any atom is 0.336 e. The quantitative estimate of drug-likeness (QED) is 0.633. The largest absolute Gasteiger partial charge is 0.477 e. The Morgan fingerprint density at radius 3 is 2.80 bits per heavy atom. The summed E-state index contributed by atoms with van der Waals surface area (Å²) in [6.07, 6.45) is 1.13. The van der Waals surface area contributed by atoms with Crippen molar-refractivity contribution in [3.05, 3.63) is 70.1 Å². The van der Waals surface area contributed by atoms with Crippen LogP contribution in [0.4, 0.5) is 5.69 Å². The van der Waals surface area contributed by atoms with Crippen LogP contribution in [0, 0.1) is 0 Å². The van der Waals surface area contributed by atoms with Crippen LogP contribution in [0.25, 0.3) is 11.0 Å². The molecule has 0 spiro atoms.